The Morgan fingerprint density at radius 2 is 2.00 bits per heavy atom. The van der Waals surface area contributed by atoms with E-state index in [9.17, 15) is 4.79 Å². The smallest absolute Gasteiger partial charge is 0.222 e. The third kappa shape index (κ3) is 3.45. The monoisotopic (exact) mass is 393 g/mol. The summed E-state index contributed by atoms with van der Waals surface area (Å²) in [6.07, 6.45) is 3.47. The Labute approximate surface area is 165 Å². The first-order valence-electron chi connectivity index (χ1n) is 8.77. The number of nitrogens with zero attached hydrogens (tertiary/aromatic N) is 7. The van der Waals surface area contributed by atoms with Gasteiger partial charge in [0, 0.05) is 32.4 Å². The van der Waals surface area contributed by atoms with Gasteiger partial charge in [0.1, 0.15) is 17.2 Å². The minimum atomic E-state index is -0.268. The molecule has 11 heteroatoms. The Balaban J connectivity index is 1.96. The van der Waals surface area contributed by atoms with E-state index < -0.39 is 0 Å². The van der Waals surface area contributed by atoms with Crippen LogP contribution in [0.4, 0.5) is 17.5 Å². The maximum absolute atomic E-state index is 11.6. The molecule has 0 saturated carbocycles. The number of carbonyl (C=O) groups excluding carboxylic acids is 1. The summed E-state index contributed by atoms with van der Waals surface area (Å²) in [5, 5.41) is 14.6. The predicted molar refractivity (Wildman–Crippen MR) is 106 cm³/mol. The fourth-order valence-corrected chi connectivity index (χ4v) is 2.96. The Kier molecular flexibility index (Phi) is 4.55. The molecule has 0 saturated heterocycles. The standard InChI is InChI=1S/C18H19N9O2/c1-10-20-14(16(29-4)18(21-10)22-11(2)28)15-17(23-12-7-9-26(3)25-12)24-13-6-5-8-19-27(13)15/h5-9H,1-4H3,(H,23,25)(H,20,21,22,28). The Hall–Kier alpha value is -4.02. The summed E-state index contributed by atoms with van der Waals surface area (Å²) in [7, 11) is 3.32. The van der Waals surface area contributed by atoms with E-state index in [-0.39, 0.29) is 11.7 Å². The molecule has 29 heavy (non-hydrogen) atoms. The molecule has 0 atom stereocenters. The van der Waals surface area contributed by atoms with E-state index in [0.29, 0.717) is 40.2 Å². The molecule has 148 valence electrons. The van der Waals surface area contributed by atoms with Gasteiger partial charge < -0.3 is 15.4 Å². The third-order valence-corrected chi connectivity index (χ3v) is 4.05. The molecule has 0 aliphatic heterocycles. The van der Waals surface area contributed by atoms with Gasteiger partial charge in [0.05, 0.1) is 7.11 Å². The summed E-state index contributed by atoms with van der Waals surface area (Å²) >= 11 is 0. The Bertz CT molecular complexity index is 1210. The molecule has 1 amide bonds. The zero-order valence-corrected chi connectivity index (χ0v) is 16.3. The lowest BCUT2D eigenvalue weighted by Crippen LogP contribution is -2.12. The molecule has 0 aliphatic carbocycles. The number of anilines is 3. The number of aryl methyl sites for hydroxylation is 2. The van der Waals surface area contributed by atoms with Gasteiger partial charge in [-0.2, -0.15) is 10.2 Å². The summed E-state index contributed by atoms with van der Waals surface area (Å²) in [4.78, 5) is 25.1. The average Bonchev–Trinajstić information content (AvgIpc) is 3.23. The molecule has 4 aromatic rings. The zero-order chi connectivity index (χ0) is 20.5. The maximum Gasteiger partial charge on any atom is 0.222 e. The quantitative estimate of drug-likeness (QED) is 0.527. The van der Waals surface area contributed by atoms with Crippen LogP contribution in [0.15, 0.2) is 30.6 Å². The lowest BCUT2D eigenvalue weighted by atomic mass is 10.2. The number of aromatic nitrogens is 7. The van der Waals surface area contributed by atoms with E-state index in [1.165, 1.54) is 14.0 Å². The molecule has 2 N–H and O–H groups in total. The average molecular weight is 393 g/mol. The molecule has 0 aromatic carbocycles. The number of carbonyl (C=O) groups is 1. The van der Waals surface area contributed by atoms with E-state index >= 15 is 0 Å². The van der Waals surface area contributed by atoms with Crippen molar-refractivity contribution >= 4 is 29.0 Å². The largest absolute Gasteiger partial charge is 0.491 e. The lowest BCUT2D eigenvalue weighted by molar-refractivity contribution is -0.114. The molecular formula is C18H19N9O2. The summed E-state index contributed by atoms with van der Waals surface area (Å²) in [6, 6.07) is 5.45. The first-order chi connectivity index (χ1) is 14.0. The van der Waals surface area contributed by atoms with Crippen molar-refractivity contribution in [3.63, 3.8) is 0 Å². The number of nitrogens with one attached hydrogen (secondary N) is 2. The number of amides is 1. The van der Waals surface area contributed by atoms with E-state index in [1.54, 1.807) is 28.4 Å². The van der Waals surface area contributed by atoms with Gasteiger partial charge in [-0.25, -0.2) is 19.5 Å². The van der Waals surface area contributed by atoms with Crippen molar-refractivity contribution in [2.45, 2.75) is 13.8 Å². The van der Waals surface area contributed by atoms with Crippen LogP contribution in [0.25, 0.3) is 17.0 Å². The maximum atomic E-state index is 11.6. The van der Waals surface area contributed by atoms with Crippen molar-refractivity contribution in [2.75, 3.05) is 17.7 Å². The normalized spacial score (nSPS) is 10.9. The number of hydrogen-bond donors (Lipinski definition) is 2. The number of fused-ring (bicyclic) bond motifs is 1. The highest BCUT2D eigenvalue weighted by atomic mass is 16.5. The van der Waals surface area contributed by atoms with E-state index in [1.807, 2.05) is 25.4 Å². The number of methoxy groups -OCH3 is 1. The summed E-state index contributed by atoms with van der Waals surface area (Å²) in [5.74, 6) is 1.88. The Morgan fingerprint density at radius 1 is 1.17 bits per heavy atom. The first-order valence-corrected chi connectivity index (χ1v) is 8.77. The van der Waals surface area contributed by atoms with E-state index in [2.05, 4.69) is 35.8 Å². The molecule has 4 aromatic heterocycles. The minimum absolute atomic E-state index is 0.268. The van der Waals surface area contributed by atoms with Gasteiger partial charge in [-0.05, 0) is 19.1 Å². The molecule has 0 unspecified atom stereocenters. The highest BCUT2D eigenvalue weighted by molar-refractivity contribution is 5.91. The van der Waals surface area contributed by atoms with Crippen LogP contribution in [0, 0.1) is 6.92 Å². The van der Waals surface area contributed by atoms with Crippen molar-refractivity contribution in [2.24, 2.45) is 7.05 Å². The van der Waals surface area contributed by atoms with Gasteiger partial charge in [-0.15, -0.1) is 0 Å². The van der Waals surface area contributed by atoms with Crippen LogP contribution in [0.2, 0.25) is 0 Å². The molecule has 0 aliphatic rings. The van der Waals surface area contributed by atoms with Crippen LogP contribution in [0.5, 0.6) is 5.75 Å². The van der Waals surface area contributed by atoms with Crippen molar-refractivity contribution in [3.05, 3.63) is 36.4 Å². The first kappa shape index (κ1) is 18.3. The second kappa shape index (κ2) is 7.19. The molecule has 4 rings (SSSR count). The third-order valence-electron chi connectivity index (χ3n) is 4.05. The minimum Gasteiger partial charge on any atom is -0.491 e. The van der Waals surface area contributed by atoms with Gasteiger partial charge in [-0.1, -0.05) is 0 Å². The van der Waals surface area contributed by atoms with Crippen molar-refractivity contribution < 1.29 is 9.53 Å². The fourth-order valence-electron chi connectivity index (χ4n) is 2.96. The highest BCUT2D eigenvalue weighted by Crippen LogP contribution is 2.38. The van der Waals surface area contributed by atoms with Crippen LogP contribution in [0.3, 0.4) is 0 Å². The topological polar surface area (TPSA) is 124 Å². The SMILES string of the molecule is COc1c(NC(C)=O)nc(C)nc1-c1c(Nc2ccn(C)n2)nc2cccnn12. The molecule has 0 fully saturated rings. The van der Waals surface area contributed by atoms with Gasteiger partial charge in [-0.3, -0.25) is 9.48 Å². The number of ether oxygens (including phenoxy) is 1. The van der Waals surface area contributed by atoms with Gasteiger partial charge in [0.2, 0.25) is 5.91 Å². The fraction of sp³-hybridized carbons (Fsp3) is 0.222. The molecule has 0 spiro atoms. The number of hydrogen-bond acceptors (Lipinski definition) is 8. The van der Waals surface area contributed by atoms with E-state index in [0.717, 1.165) is 0 Å². The molecule has 4 heterocycles. The van der Waals surface area contributed by atoms with Gasteiger partial charge >= 0.3 is 0 Å². The van der Waals surface area contributed by atoms with Gasteiger partial charge in [0.15, 0.2) is 28.9 Å². The van der Waals surface area contributed by atoms with E-state index in [4.69, 9.17) is 4.74 Å². The van der Waals surface area contributed by atoms with Gasteiger partial charge in [0.25, 0.3) is 0 Å². The molecule has 11 nitrogen and oxygen atoms in total. The van der Waals surface area contributed by atoms with Crippen LogP contribution < -0.4 is 15.4 Å². The van der Waals surface area contributed by atoms with Crippen molar-refractivity contribution in [3.8, 4) is 17.1 Å². The summed E-state index contributed by atoms with van der Waals surface area (Å²) in [6.45, 7) is 3.14. The van der Waals surface area contributed by atoms with Crippen molar-refractivity contribution in [1.82, 2.24) is 34.3 Å². The summed E-state index contributed by atoms with van der Waals surface area (Å²) in [5.41, 5.74) is 1.61. The van der Waals surface area contributed by atoms with Crippen LogP contribution in [0.1, 0.15) is 12.7 Å². The van der Waals surface area contributed by atoms with Crippen LogP contribution >= 0.6 is 0 Å². The van der Waals surface area contributed by atoms with Crippen molar-refractivity contribution in [1.29, 1.82) is 0 Å². The second-order valence-corrected chi connectivity index (χ2v) is 6.28. The Morgan fingerprint density at radius 3 is 2.69 bits per heavy atom. The number of imidazole rings is 1. The molecular weight excluding hydrogens is 374 g/mol. The number of rotatable bonds is 5. The second-order valence-electron chi connectivity index (χ2n) is 6.28. The van der Waals surface area contributed by atoms with Crippen LogP contribution in [-0.2, 0) is 11.8 Å². The lowest BCUT2D eigenvalue weighted by Gasteiger charge is -2.14. The predicted octanol–water partition coefficient (Wildman–Crippen LogP) is 1.94. The zero-order valence-electron chi connectivity index (χ0n) is 16.3. The molecule has 0 radical (unpaired) electrons. The highest BCUT2D eigenvalue weighted by Gasteiger charge is 2.24. The van der Waals surface area contributed by atoms with Crippen LogP contribution in [-0.4, -0.2) is 47.4 Å². The molecule has 0 bridgehead atoms. The summed E-state index contributed by atoms with van der Waals surface area (Å²) < 4.78 is 8.89.